The van der Waals surface area contributed by atoms with Crippen LogP contribution in [0.3, 0.4) is 0 Å². The molecule has 1 aromatic carbocycles. The average Bonchev–Trinajstić information content (AvgIpc) is 2.38. The Hall–Kier alpha value is -0.790. The number of benzene rings is 1. The predicted octanol–water partition coefficient (Wildman–Crippen LogP) is 2.59. The minimum atomic E-state index is -3.46. The van der Waals surface area contributed by atoms with Crippen LogP contribution in [0, 0.1) is 0 Å². The number of sulfonamides is 1. The van der Waals surface area contributed by atoms with Crippen molar-refractivity contribution in [3.63, 3.8) is 0 Å². The van der Waals surface area contributed by atoms with E-state index < -0.39 is 15.3 Å². The van der Waals surface area contributed by atoms with Crippen LogP contribution >= 0.6 is 15.9 Å². The number of halogens is 1. The van der Waals surface area contributed by atoms with Gasteiger partial charge < -0.3 is 10.1 Å². The van der Waals surface area contributed by atoms with Crippen molar-refractivity contribution in [2.24, 2.45) is 0 Å². The van der Waals surface area contributed by atoms with Crippen molar-refractivity contribution in [1.82, 2.24) is 5.32 Å². The number of rotatable bonds is 8. The summed E-state index contributed by atoms with van der Waals surface area (Å²) >= 11 is 3.32. The molecule has 0 radical (unpaired) electrons. The van der Waals surface area contributed by atoms with Crippen molar-refractivity contribution < 1.29 is 13.2 Å². The fraction of sp³-hybridized carbons (Fsp3) is 0.538. The lowest BCUT2D eigenvalue weighted by molar-refractivity contribution is 0.417. The molecular weight excluding hydrogens is 344 g/mol. The molecule has 0 heterocycles. The van der Waals surface area contributed by atoms with Crippen molar-refractivity contribution in [2.45, 2.75) is 25.5 Å². The number of hydrogen-bond donors (Lipinski definition) is 2. The Morgan fingerprint density at radius 1 is 1.40 bits per heavy atom. The molecule has 0 bridgehead atoms. The molecule has 114 valence electrons. The molecule has 0 fully saturated rings. The molecule has 0 aliphatic rings. The Morgan fingerprint density at radius 3 is 2.70 bits per heavy atom. The molecule has 0 saturated carbocycles. The van der Waals surface area contributed by atoms with Crippen LogP contribution in [0.25, 0.3) is 0 Å². The molecule has 1 unspecified atom stereocenters. The van der Waals surface area contributed by atoms with Crippen molar-refractivity contribution in [3.05, 3.63) is 22.7 Å². The summed E-state index contributed by atoms with van der Waals surface area (Å²) in [5.74, 6) is 0.491. The highest BCUT2D eigenvalue weighted by Crippen LogP contribution is 2.29. The molecule has 0 saturated heterocycles. The maximum absolute atomic E-state index is 12.3. The van der Waals surface area contributed by atoms with Gasteiger partial charge in [0.1, 0.15) is 5.75 Å². The van der Waals surface area contributed by atoms with Gasteiger partial charge in [-0.3, -0.25) is 4.72 Å². The summed E-state index contributed by atoms with van der Waals surface area (Å²) in [6.45, 7) is 4.94. The topological polar surface area (TPSA) is 67.4 Å². The molecule has 0 spiro atoms. The van der Waals surface area contributed by atoms with Gasteiger partial charge in [-0.15, -0.1) is 0 Å². The third-order valence-corrected chi connectivity index (χ3v) is 5.03. The van der Waals surface area contributed by atoms with Crippen molar-refractivity contribution >= 4 is 31.6 Å². The maximum atomic E-state index is 12.3. The van der Waals surface area contributed by atoms with Gasteiger partial charge in [-0.25, -0.2) is 8.42 Å². The SMILES string of the molecule is CCCNCC(C)S(=O)(=O)Nc1cc(Br)ccc1OC. The summed E-state index contributed by atoms with van der Waals surface area (Å²) in [6.07, 6.45) is 0.972. The van der Waals surface area contributed by atoms with Crippen LogP contribution in [-0.2, 0) is 10.0 Å². The molecule has 7 heteroatoms. The first kappa shape index (κ1) is 17.3. The van der Waals surface area contributed by atoms with Crippen LogP contribution in [0.1, 0.15) is 20.3 Å². The zero-order valence-electron chi connectivity index (χ0n) is 11.9. The molecule has 1 aromatic rings. The summed E-state index contributed by atoms with van der Waals surface area (Å²) in [5, 5.41) is 2.58. The highest BCUT2D eigenvalue weighted by atomic mass is 79.9. The summed E-state index contributed by atoms with van der Waals surface area (Å²) in [4.78, 5) is 0. The Morgan fingerprint density at radius 2 is 2.10 bits per heavy atom. The number of hydrogen-bond acceptors (Lipinski definition) is 4. The van der Waals surface area contributed by atoms with Crippen LogP contribution in [0.4, 0.5) is 5.69 Å². The van der Waals surface area contributed by atoms with Gasteiger partial charge in [-0.1, -0.05) is 22.9 Å². The molecule has 1 atom stereocenters. The van der Waals surface area contributed by atoms with Gasteiger partial charge in [0, 0.05) is 11.0 Å². The van der Waals surface area contributed by atoms with Crippen LogP contribution < -0.4 is 14.8 Å². The number of nitrogens with one attached hydrogen (secondary N) is 2. The third kappa shape index (κ3) is 4.96. The number of ether oxygens (including phenoxy) is 1. The zero-order valence-corrected chi connectivity index (χ0v) is 14.3. The fourth-order valence-electron chi connectivity index (χ4n) is 1.61. The van der Waals surface area contributed by atoms with E-state index in [9.17, 15) is 8.42 Å². The molecule has 0 amide bonds. The average molecular weight is 365 g/mol. The van der Waals surface area contributed by atoms with E-state index in [1.54, 1.807) is 25.1 Å². The molecule has 20 heavy (non-hydrogen) atoms. The fourth-order valence-corrected chi connectivity index (χ4v) is 2.97. The normalized spacial score (nSPS) is 13.0. The van der Waals surface area contributed by atoms with E-state index in [2.05, 4.69) is 26.0 Å². The van der Waals surface area contributed by atoms with Gasteiger partial charge in [0.15, 0.2) is 0 Å². The molecule has 2 N–H and O–H groups in total. The summed E-state index contributed by atoms with van der Waals surface area (Å²) in [6, 6.07) is 5.19. The molecule has 1 rings (SSSR count). The van der Waals surface area contributed by atoms with E-state index in [0.29, 0.717) is 18.0 Å². The molecule has 0 aliphatic heterocycles. The molecule has 5 nitrogen and oxygen atoms in total. The second-order valence-electron chi connectivity index (χ2n) is 4.51. The molecule has 0 aliphatic carbocycles. The van der Waals surface area contributed by atoms with Gasteiger partial charge in [-0.05, 0) is 38.1 Å². The predicted molar refractivity (Wildman–Crippen MR) is 85.9 cm³/mol. The van der Waals surface area contributed by atoms with E-state index in [-0.39, 0.29) is 0 Å². The van der Waals surface area contributed by atoms with E-state index in [4.69, 9.17) is 4.74 Å². The van der Waals surface area contributed by atoms with Crippen LogP contribution in [-0.4, -0.2) is 33.9 Å². The summed E-state index contributed by atoms with van der Waals surface area (Å²) in [5.41, 5.74) is 0.434. The van der Waals surface area contributed by atoms with Crippen molar-refractivity contribution in [2.75, 3.05) is 24.9 Å². The van der Waals surface area contributed by atoms with E-state index in [0.717, 1.165) is 17.4 Å². The van der Waals surface area contributed by atoms with Gasteiger partial charge >= 0.3 is 0 Å². The minimum absolute atomic E-state index is 0.416. The lowest BCUT2D eigenvalue weighted by atomic mass is 10.3. The number of anilines is 1. The van der Waals surface area contributed by atoms with Gasteiger partial charge in [0.2, 0.25) is 10.0 Å². The second kappa shape index (κ2) is 7.85. The molecule has 0 aromatic heterocycles. The van der Waals surface area contributed by atoms with Gasteiger partial charge in [-0.2, -0.15) is 0 Å². The first-order chi connectivity index (χ1) is 9.40. The minimum Gasteiger partial charge on any atom is -0.495 e. The van der Waals surface area contributed by atoms with Crippen LogP contribution in [0.5, 0.6) is 5.75 Å². The highest BCUT2D eigenvalue weighted by molar-refractivity contribution is 9.10. The standard InChI is InChI=1S/C13H21BrN2O3S/c1-4-7-15-9-10(2)20(17,18)16-12-8-11(14)5-6-13(12)19-3/h5-6,8,10,15-16H,4,7,9H2,1-3H3. The number of methoxy groups -OCH3 is 1. The van der Waals surface area contributed by atoms with E-state index in [1.165, 1.54) is 7.11 Å². The third-order valence-electron chi connectivity index (χ3n) is 2.80. The van der Waals surface area contributed by atoms with E-state index >= 15 is 0 Å². The first-order valence-electron chi connectivity index (χ1n) is 6.46. The van der Waals surface area contributed by atoms with E-state index in [1.807, 2.05) is 6.92 Å². The largest absolute Gasteiger partial charge is 0.495 e. The highest BCUT2D eigenvalue weighted by Gasteiger charge is 2.21. The Bertz CT molecular complexity index is 534. The quantitative estimate of drug-likeness (QED) is 0.695. The lowest BCUT2D eigenvalue weighted by Gasteiger charge is -2.17. The zero-order chi connectivity index (χ0) is 15.2. The maximum Gasteiger partial charge on any atom is 0.236 e. The lowest BCUT2D eigenvalue weighted by Crippen LogP contribution is -2.35. The monoisotopic (exact) mass is 364 g/mol. The second-order valence-corrected chi connectivity index (χ2v) is 7.52. The smallest absolute Gasteiger partial charge is 0.236 e. The van der Waals surface area contributed by atoms with Crippen molar-refractivity contribution in [1.29, 1.82) is 0 Å². The Labute approximate surface area is 129 Å². The van der Waals surface area contributed by atoms with Crippen LogP contribution in [0.15, 0.2) is 22.7 Å². The first-order valence-corrected chi connectivity index (χ1v) is 8.80. The molecular formula is C13H21BrN2O3S. The summed E-state index contributed by atoms with van der Waals surface area (Å²) in [7, 11) is -1.95. The Balaban J connectivity index is 2.82. The van der Waals surface area contributed by atoms with Crippen LogP contribution in [0.2, 0.25) is 0 Å². The Kier molecular flexibility index (Phi) is 6.78. The summed E-state index contributed by atoms with van der Waals surface area (Å²) < 4.78 is 33.0. The van der Waals surface area contributed by atoms with Crippen molar-refractivity contribution in [3.8, 4) is 5.75 Å². The van der Waals surface area contributed by atoms with Gasteiger partial charge in [0.05, 0.1) is 18.0 Å². The van der Waals surface area contributed by atoms with Gasteiger partial charge in [0.25, 0.3) is 0 Å².